The Balaban J connectivity index is 1.49. The van der Waals surface area contributed by atoms with Gasteiger partial charge in [0.2, 0.25) is 11.7 Å². The number of ether oxygens (including phenoxy) is 2. The van der Waals surface area contributed by atoms with E-state index in [1.807, 2.05) is 19.1 Å². The fraction of sp³-hybridized carbons (Fsp3) is 0.556. The third-order valence-corrected chi connectivity index (χ3v) is 4.72. The Morgan fingerprint density at radius 1 is 1.24 bits per heavy atom. The molecule has 2 saturated heterocycles. The Kier molecular flexibility index (Phi) is 5.07. The Morgan fingerprint density at radius 3 is 2.96 bits per heavy atom. The molecule has 134 valence electrons. The van der Waals surface area contributed by atoms with Gasteiger partial charge in [0.15, 0.2) is 0 Å². The normalized spacial score (nSPS) is 25.2. The molecule has 25 heavy (non-hydrogen) atoms. The van der Waals surface area contributed by atoms with Crippen LogP contribution in [0.4, 0.5) is 0 Å². The molecular formula is C18H24N4O3. The van der Waals surface area contributed by atoms with Crippen molar-refractivity contribution in [2.75, 3.05) is 39.5 Å². The molecule has 7 nitrogen and oxygen atoms in total. The predicted molar refractivity (Wildman–Crippen MR) is 92.0 cm³/mol. The Hall–Kier alpha value is -1.80. The first-order valence-corrected chi connectivity index (χ1v) is 8.87. The molecule has 0 unspecified atom stereocenters. The van der Waals surface area contributed by atoms with E-state index < -0.39 is 0 Å². The fourth-order valence-corrected chi connectivity index (χ4v) is 3.31. The molecule has 0 spiro atoms. The van der Waals surface area contributed by atoms with E-state index >= 15 is 0 Å². The number of rotatable bonds is 4. The van der Waals surface area contributed by atoms with E-state index in [0.717, 1.165) is 45.0 Å². The number of benzene rings is 1. The van der Waals surface area contributed by atoms with Crippen molar-refractivity contribution in [1.29, 1.82) is 0 Å². The largest absolute Gasteiger partial charge is 0.379 e. The third-order valence-electron chi connectivity index (χ3n) is 4.72. The van der Waals surface area contributed by atoms with Crippen molar-refractivity contribution < 1.29 is 14.0 Å². The predicted octanol–water partition coefficient (Wildman–Crippen LogP) is 1.62. The average molecular weight is 344 g/mol. The highest BCUT2D eigenvalue weighted by Crippen LogP contribution is 2.24. The maximum atomic E-state index is 5.66. The molecule has 0 amide bonds. The lowest BCUT2D eigenvalue weighted by Gasteiger charge is -2.27. The van der Waals surface area contributed by atoms with Crippen LogP contribution in [-0.2, 0) is 16.0 Å². The molecule has 2 atom stereocenters. The molecule has 1 aromatic heterocycles. The average Bonchev–Trinajstić information content (AvgIpc) is 3.13. The van der Waals surface area contributed by atoms with Gasteiger partial charge in [0.1, 0.15) is 6.04 Å². The van der Waals surface area contributed by atoms with Gasteiger partial charge in [0, 0.05) is 31.7 Å². The second kappa shape index (κ2) is 7.61. The summed E-state index contributed by atoms with van der Waals surface area (Å²) in [5.41, 5.74) is 2.23. The van der Waals surface area contributed by atoms with Crippen LogP contribution in [0.2, 0.25) is 0 Å². The van der Waals surface area contributed by atoms with Crippen LogP contribution in [0.5, 0.6) is 0 Å². The van der Waals surface area contributed by atoms with Crippen molar-refractivity contribution in [3.05, 3.63) is 35.7 Å². The lowest BCUT2D eigenvalue weighted by atomic mass is 10.1. The summed E-state index contributed by atoms with van der Waals surface area (Å²) < 4.78 is 16.6. The summed E-state index contributed by atoms with van der Waals surface area (Å²) in [6.07, 6.45) is 0.0229. The van der Waals surface area contributed by atoms with Crippen LogP contribution in [0.25, 0.3) is 11.4 Å². The van der Waals surface area contributed by atoms with Crippen LogP contribution in [0, 0.1) is 0 Å². The topological polar surface area (TPSA) is 72.7 Å². The molecule has 2 aliphatic heterocycles. The molecule has 2 aromatic rings. The summed E-state index contributed by atoms with van der Waals surface area (Å²) >= 11 is 0. The zero-order valence-corrected chi connectivity index (χ0v) is 14.5. The van der Waals surface area contributed by atoms with Gasteiger partial charge in [-0.25, -0.2) is 0 Å². The molecule has 0 radical (unpaired) electrons. The maximum absolute atomic E-state index is 5.66. The van der Waals surface area contributed by atoms with Crippen molar-refractivity contribution in [2.45, 2.75) is 25.6 Å². The van der Waals surface area contributed by atoms with E-state index in [9.17, 15) is 0 Å². The molecule has 0 bridgehead atoms. The van der Waals surface area contributed by atoms with Crippen LogP contribution in [0.15, 0.2) is 28.8 Å². The van der Waals surface area contributed by atoms with Gasteiger partial charge in [-0.05, 0) is 18.6 Å². The van der Waals surface area contributed by atoms with Crippen LogP contribution in [0.1, 0.15) is 24.4 Å². The highest BCUT2D eigenvalue weighted by molar-refractivity contribution is 5.55. The van der Waals surface area contributed by atoms with Crippen LogP contribution in [-0.4, -0.2) is 60.6 Å². The van der Waals surface area contributed by atoms with Gasteiger partial charge in [0.05, 0.1) is 25.9 Å². The lowest BCUT2D eigenvalue weighted by molar-refractivity contribution is -0.00136. The van der Waals surface area contributed by atoms with Crippen molar-refractivity contribution in [3.8, 4) is 11.4 Å². The van der Waals surface area contributed by atoms with Gasteiger partial charge in [0.25, 0.3) is 0 Å². The number of hydrogen-bond acceptors (Lipinski definition) is 7. The van der Waals surface area contributed by atoms with Crippen molar-refractivity contribution in [1.82, 2.24) is 20.4 Å². The van der Waals surface area contributed by atoms with E-state index in [0.29, 0.717) is 18.3 Å². The van der Waals surface area contributed by atoms with E-state index in [1.165, 1.54) is 5.56 Å². The minimum Gasteiger partial charge on any atom is -0.379 e. The molecule has 7 heteroatoms. The van der Waals surface area contributed by atoms with Crippen LogP contribution >= 0.6 is 0 Å². The first kappa shape index (κ1) is 16.7. The quantitative estimate of drug-likeness (QED) is 0.903. The zero-order valence-electron chi connectivity index (χ0n) is 14.5. The van der Waals surface area contributed by atoms with Gasteiger partial charge < -0.3 is 19.3 Å². The van der Waals surface area contributed by atoms with Crippen LogP contribution < -0.4 is 5.32 Å². The number of nitrogens with zero attached hydrogens (tertiary/aromatic N) is 3. The molecule has 0 saturated carbocycles. The maximum Gasteiger partial charge on any atom is 0.246 e. The van der Waals surface area contributed by atoms with Gasteiger partial charge >= 0.3 is 0 Å². The van der Waals surface area contributed by atoms with Crippen molar-refractivity contribution >= 4 is 0 Å². The molecule has 2 fully saturated rings. The van der Waals surface area contributed by atoms with E-state index in [4.69, 9.17) is 14.0 Å². The molecule has 1 N–H and O–H groups in total. The Labute approximate surface area is 147 Å². The molecule has 3 heterocycles. The minimum atomic E-state index is -0.0495. The summed E-state index contributed by atoms with van der Waals surface area (Å²) in [6.45, 7) is 8.00. The van der Waals surface area contributed by atoms with E-state index in [2.05, 4.69) is 32.5 Å². The summed E-state index contributed by atoms with van der Waals surface area (Å²) in [4.78, 5) is 6.99. The van der Waals surface area contributed by atoms with Gasteiger partial charge in [-0.2, -0.15) is 4.98 Å². The fourth-order valence-electron chi connectivity index (χ4n) is 3.31. The molecule has 0 aliphatic carbocycles. The third kappa shape index (κ3) is 3.90. The first-order chi connectivity index (χ1) is 12.3. The van der Waals surface area contributed by atoms with Crippen molar-refractivity contribution in [2.24, 2.45) is 0 Å². The number of hydrogen-bond donors (Lipinski definition) is 1. The molecule has 2 aliphatic rings. The number of morpholine rings is 2. The zero-order chi connectivity index (χ0) is 17.1. The van der Waals surface area contributed by atoms with Gasteiger partial charge in [-0.3, -0.25) is 4.90 Å². The van der Waals surface area contributed by atoms with Crippen molar-refractivity contribution in [3.63, 3.8) is 0 Å². The minimum absolute atomic E-state index is 0.0229. The SMILES string of the molecule is C[C@H]1OCCN[C@@H]1c1nc(-c2cccc(CN3CCOCC3)c2)no1. The molecular weight excluding hydrogens is 320 g/mol. The highest BCUT2D eigenvalue weighted by Gasteiger charge is 2.28. The van der Waals surface area contributed by atoms with Gasteiger partial charge in [-0.1, -0.05) is 23.4 Å². The second-order valence-corrected chi connectivity index (χ2v) is 6.55. The monoisotopic (exact) mass is 344 g/mol. The summed E-state index contributed by atoms with van der Waals surface area (Å²) in [5.74, 6) is 1.21. The summed E-state index contributed by atoms with van der Waals surface area (Å²) in [5, 5.41) is 7.54. The smallest absolute Gasteiger partial charge is 0.246 e. The second-order valence-electron chi connectivity index (χ2n) is 6.55. The molecule has 4 rings (SSSR count). The molecule has 1 aromatic carbocycles. The van der Waals surface area contributed by atoms with Crippen LogP contribution in [0.3, 0.4) is 0 Å². The number of nitrogens with one attached hydrogen (secondary N) is 1. The first-order valence-electron chi connectivity index (χ1n) is 8.87. The van der Waals surface area contributed by atoms with E-state index in [-0.39, 0.29) is 12.1 Å². The number of aromatic nitrogens is 2. The highest BCUT2D eigenvalue weighted by atomic mass is 16.5. The Morgan fingerprint density at radius 2 is 2.12 bits per heavy atom. The summed E-state index contributed by atoms with van der Waals surface area (Å²) in [7, 11) is 0. The summed E-state index contributed by atoms with van der Waals surface area (Å²) in [6, 6.07) is 8.29. The standard InChI is InChI=1S/C18H24N4O3/c1-13-16(19-5-8-24-13)18-20-17(21-25-18)15-4-2-3-14(11-15)12-22-6-9-23-10-7-22/h2-4,11,13,16,19H,5-10,12H2,1H3/t13-,16+/m1/s1. The lowest BCUT2D eigenvalue weighted by Crippen LogP contribution is -2.40. The Bertz CT molecular complexity index is 699. The van der Waals surface area contributed by atoms with E-state index in [1.54, 1.807) is 0 Å². The van der Waals surface area contributed by atoms with Gasteiger partial charge in [-0.15, -0.1) is 0 Å².